The summed E-state index contributed by atoms with van der Waals surface area (Å²) in [6.45, 7) is 1.43. The zero-order valence-corrected chi connectivity index (χ0v) is 9.04. The van der Waals surface area contributed by atoms with Crippen molar-refractivity contribution in [3.8, 4) is 0 Å². The van der Waals surface area contributed by atoms with E-state index >= 15 is 0 Å². The van der Waals surface area contributed by atoms with Crippen molar-refractivity contribution in [2.24, 2.45) is 11.6 Å². The third-order valence-electron chi connectivity index (χ3n) is 2.25. The molecule has 4 nitrogen and oxygen atoms in total. The molecule has 0 amide bonds. The summed E-state index contributed by atoms with van der Waals surface area (Å²) in [5.41, 5.74) is 5.40. The van der Waals surface area contributed by atoms with Crippen LogP contribution >= 0.6 is 0 Å². The van der Waals surface area contributed by atoms with Gasteiger partial charge in [-0.15, -0.1) is 4.99 Å². The normalized spacial score (nSPS) is 10.7. The standard InChI is InChI=1S/C10H24N2O2/c11-9-7-5-3-1-2-4-6-8-10-13-14-12/h1-12H2. The maximum atomic E-state index is 5.40. The van der Waals surface area contributed by atoms with Gasteiger partial charge in [0.15, 0.2) is 0 Å². The molecule has 0 saturated carbocycles. The van der Waals surface area contributed by atoms with E-state index in [-0.39, 0.29) is 0 Å². The lowest BCUT2D eigenvalue weighted by Gasteiger charge is -2.01. The van der Waals surface area contributed by atoms with Crippen LogP contribution < -0.4 is 11.6 Å². The maximum absolute atomic E-state index is 5.40. The van der Waals surface area contributed by atoms with Gasteiger partial charge in [0.1, 0.15) is 0 Å². The number of hydrogen-bond acceptors (Lipinski definition) is 4. The van der Waals surface area contributed by atoms with E-state index in [2.05, 4.69) is 9.88 Å². The first kappa shape index (κ1) is 13.8. The minimum atomic E-state index is 0.601. The number of hydrogen-bond donors (Lipinski definition) is 2. The summed E-state index contributed by atoms with van der Waals surface area (Å²) >= 11 is 0. The topological polar surface area (TPSA) is 70.5 Å². The molecule has 0 aliphatic carbocycles. The molecule has 86 valence electrons. The van der Waals surface area contributed by atoms with Gasteiger partial charge in [0, 0.05) is 0 Å². The molecule has 4 heteroatoms. The first-order valence-electron chi connectivity index (χ1n) is 5.60. The molecule has 0 aromatic heterocycles. The van der Waals surface area contributed by atoms with Gasteiger partial charge in [-0.25, -0.2) is 4.89 Å². The van der Waals surface area contributed by atoms with E-state index in [1.807, 2.05) is 0 Å². The van der Waals surface area contributed by atoms with Crippen LogP contribution in [0.25, 0.3) is 0 Å². The zero-order chi connectivity index (χ0) is 10.5. The third-order valence-corrected chi connectivity index (χ3v) is 2.25. The molecule has 0 aliphatic rings. The molecule has 0 spiro atoms. The van der Waals surface area contributed by atoms with E-state index in [1.165, 1.54) is 44.9 Å². The monoisotopic (exact) mass is 204 g/mol. The maximum Gasteiger partial charge on any atom is 0.0842 e. The molecule has 0 aliphatic heterocycles. The minimum Gasteiger partial charge on any atom is -0.330 e. The molecule has 0 saturated heterocycles. The Morgan fingerprint density at radius 2 is 1.21 bits per heavy atom. The fourth-order valence-corrected chi connectivity index (χ4v) is 1.41. The highest BCUT2D eigenvalue weighted by molar-refractivity contribution is 4.46. The van der Waals surface area contributed by atoms with Crippen LogP contribution in [0.4, 0.5) is 0 Å². The molecule has 14 heavy (non-hydrogen) atoms. The van der Waals surface area contributed by atoms with E-state index in [1.54, 1.807) is 0 Å². The summed E-state index contributed by atoms with van der Waals surface area (Å²) in [6, 6.07) is 0. The Morgan fingerprint density at radius 3 is 1.71 bits per heavy atom. The van der Waals surface area contributed by atoms with Crippen molar-refractivity contribution in [2.45, 2.75) is 51.4 Å². The Kier molecular flexibility index (Phi) is 12.7. The molecule has 0 atom stereocenters. The largest absolute Gasteiger partial charge is 0.330 e. The average Bonchev–Trinajstić information content (AvgIpc) is 2.21. The van der Waals surface area contributed by atoms with Crippen molar-refractivity contribution in [3.63, 3.8) is 0 Å². The highest BCUT2D eigenvalue weighted by Crippen LogP contribution is 2.08. The van der Waals surface area contributed by atoms with Crippen molar-refractivity contribution in [2.75, 3.05) is 13.2 Å². The summed E-state index contributed by atoms with van der Waals surface area (Å²) in [4.78, 5) is 8.56. The van der Waals surface area contributed by atoms with Crippen LogP contribution in [0.15, 0.2) is 0 Å². The lowest BCUT2D eigenvalue weighted by Crippen LogP contribution is -2.01. The van der Waals surface area contributed by atoms with Crippen molar-refractivity contribution in [3.05, 3.63) is 0 Å². The highest BCUT2D eigenvalue weighted by Gasteiger charge is 1.92. The van der Waals surface area contributed by atoms with Crippen molar-refractivity contribution in [1.29, 1.82) is 0 Å². The number of rotatable bonds is 11. The second-order valence-corrected chi connectivity index (χ2v) is 3.54. The molecule has 0 unspecified atom stereocenters. The molecular formula is C10H24N2O2. The first-order valence-corrected chi connectivity index (χ1v) is 5.60. The van der Waals surface area contributed by atoms with Crippen LogP contribution in [0.2, 0.25) is 0 Å². The van der Waals surface area contributed by atoms with Crippen molar-refractivity contribution in [1.82, 2.24) is 0 Å². The van der Waals surface area contributed by atoms with Gasteiger partial charge < -0.3 is 5.73 Å². The quantitative estimate of drug-likeness (QED) is 0.306. The van der Waals surface area contributed by atoms with Gasteiger partial charge in [-0.2, -0.15) is 5.90 Å². The fourth-order valence-electron chi connectivity index (χ4n) is 1.41. The molecule has 0 fully saturated rings. The van der Waals surface area contributed by atoms with Crippen LogP contribution in [-0.4, -0.2) is 13.2 Å². The summed E-state index contributed by atoms with van der Waals surface area (Å²) in [5, 5.41) is 0. The Bertz CT molecular complexity index is 90.1. The van der Waals surface area contributed by atoms with Gasteiger partial charge in [0.05, 0.1) is 6.61 Å². The summed E-state index contributed by atoms with van der Waals surface area (Å²) in [5.74, 6) is 4.71. The molecule has 4 N–H and O–H groups in total. The molecule has 0 aromatic rings. The predicted molar refractivity (Wildman–Crippen MR) is 57.2 cm³/mol. The predicted octanol–water partition coefficient (Wildman–Crippen LogP) is 1.89. The third kappa shape index (κ3) is 11.8. The first-order chi connectivity index (χ1) is 6.91. The Morgan fingerprint density at radius 1 is 0.714 bits per heavy atom. The molecule has 0 rings (SSSR count). The second kappa shape index (κ2) is 12.8. The molecule has 0 bridgehead atoms. The van der Waals surface area contributed by atoms with Gasteiger partial charge in [-0.1, -0.05) is 38.5 Å². The average molecular weight is 204 g/mol. The fraction of sp³-hybridized carbons (Fsp3) is 1.00. The Balaban J connectivity index is 2.78. The lowest BCUT2D eigenvalue weighted by atomic mass is 10.1. The summed E-state index contributed by atoms with van der Waals surface area (Å²) < 4.78 is 0. The van der Waals surface area contributed by atoms with Crippen LogP contribution in [-0.2, 0) is 9.88 Å². The minimum absolute atomic E-state index is 0.601. The van der Waals surface area contributed by atoms with E-state index in [4.69, 9.17) is 11.6 Å². The molecule has 0 radical (unpaired) electrons. The SMILES string of the molecule is NCCCCCCCCCCOON. The van der Waals surface area contributed by atoms with Crippen molar-refractivity contribution < 1.29 is 9.88 Å². The smallest absolute Gasteiger partial charge is 0.0842 e. The Labute approximate surface area is 86.8 Å². The van der Waals surface area contributed by atoms with Gasteiger partial charge in [0.2, 0.25) is 0 Å². The summed E-state index contributed by atoms with van der Waals surface area (Å²) in [6.07, 6.45) is 9.90. The molecule has 0 aromatic carbocycles. The van der Waals surface area contributed by atoms with Gasteiger partial charge in [-0.3, -0.25) is 0 Å². The number of nitrogens with two attached hydrogens (primary N) is 2. The summed E-state index contributed by atoms with van der Waals surface area (Å²) in [7, 11) is 0. The van der Waals surface area contributed by atoms with E-state index < -0.39 is 0 Å². The highest BCUT2D eigenvalue weighted by atomic mass is 17.3. The van der Waals surface area contributed by atoms with Gasteiger partial charge in [-0.05, 0) is 19.4 Å². The molecular weight excluding hydrogens is 180 g/mol. The van der Waals surface area contributed by atoms with E-state index in [0.29, 0.717) is 6.61 Å². The van der Waals surface area contributed by atoms with Crippen molar-refractivity contribution >= 4 is 0 Å². The molecule has 0 heterocycles. The van der Waals surface area contributed by atoms with Crippen LogP contribution in [0.3, 0.4) is 0 Å². The second-order valence-electron chi connectivity index (χ2n) is 3.54. The van der Waals surface area contributed by atoms with Gasteiger partial charge in [0.25, 0.3) is 0 Å². The number of unbranched alkanes of at least 4 members (excludes halogenated alkanes) is 7. The lowest BCUT2D eigenvalue weighted by molar-refractivity contribution is -0.299. The van der Waals surface area contributed by atoms with E-state index in [0.717, 1.165) is 13.0 Å². The Hall–Kier alpha value is -0.160. The zero-order valence-electron chi connectivity index (χ0n) is 9.04. The van der Waals surface area contributed by atoms with Crippen LogP contribution in [0.1, 0.15) is 51.4 Å². The van der Waals surface area contributed by atoms with Gasteiger partial charge >= 0.3 is 0 Å². The van der Waals surface area contributed by atoms with Crippen LogP contribution in [0.5, 0.6) is 0 Å². The van der Waals surface area contributed by atoms with Crippen LogP contribution in [0, 0.1) is 0 Å². The van der Waals surface area contributed by atoms with E-state index in [9.17, 15) is 0 Å².